The zero-order valence-electron chi connectivity index (χ0n) is 18.0. The third-order valence-corrected chi connectivity index (χ3v) is 6.05. The van der Waals surface area contributed by atoms with Crippen LogP contribution in [0.5, 0.6) is 5.75 Å². The number of hydrogen-bond acceptors (Lipinski definition) is 8. The van der Waals surface area contributed by atoms with Crippen LogP contribution in [0.4, 0.5) is 10.2 Å². The van der Waals surface area contributed by atoms with Crippen LogP contribution < -0.4 is 14.9 Å². The molecule has 0 radical (unpaired) electrons. The summed E-state index contributed by atoms with van der Waals surface area (Å²) in [5, 5.41) is 22.8. The van der Waals surface area contributed by atoms with E-state index in [9.17, 15) is 9.50 Å². The Labute approximate surface area is 200 Å². The van der Waals surface area contributed by atoms with E-state index < -0.39 is 18.0 Å². The first-order valence-corrected chi connectivity index (χ1v) is 11.5. The summed E-state index contributed by atoms with van der Waals surface area (Å²) >= 11 is 13.3. The molecule has 0 aliphatic carbocycles. The Hall–Kier alpha value is -2.04. The van der Waals surface area contributed by atoms with Crippen LogP contribution in [0.25, 0.3) is 21.1 Å². The largest absolute Gasteiger partial charge is 0.489 e. The van der Waals surface area contributed by atoms with Crippen LogP contribution >= 0.6 is 34.7 Å². The molecule has 11 heteroatoms. The SMILES string of the molecule is Cc1cc(-c2nnc(-c3cc(F)c(OC[C@H](NCl)[C@@H](C)O)cc3Cl)s2)cc(NC(C)C)n1. The molecule has 2 atom stereocenters. The van der Waals surface area contributed by atoms with Crippen molar-refractivity contribution in [1.29, 1.82) is 0 Å². The van der Waals surface area contributed by atoms with Crippen molar-refractivity contribution in [3.05, 3.63) is 40.8 Å². The van der Waals surface area contributed by atoms with Crippen LogP contribution in [0.15, 0.2) is 24.3 Å². The molecular weight excluding hydrogens is 476 g/mol. The van der Waals surface area contributed by atoms with E-state index in [4.69, 9.17) is 28.1 Å². The van der Waals surface area contributed by atoms with Crippen LogP contribution in [-0.4, -0.2) is 45.1 Å². The van der Waals surface area contributed by atoms with Gasteiger partial charge in [0.05, 0.1) is 17.2 Å². The highest BCUT2D eigenvalue weighted by Gasteiger charge is 2.19. The first-order chi connectivity index (χ1) is 15.2. The Morgan fingerprint density at radius 1 is 1.16 bits per heavy atom. The van der Waals surface area contributed by atoms with E-state index in [2.05, 4.69) is 25.3 Å². The number of aliphatic hydroxyl groups is 1. The number of nitrogens with one attached hydrogen (secondary N) is 2. The molecule has 0 aliphatic rings. The predicted octanol–water partition coefficient (Wildman–Crippen LogP) is 5.06. The van der Waals surface area contributed by atoms with Gasteiger partial charge in [0.25, 0.3) is 0 Å². The maximum atomic E-state index is 14.7. The quantitative estimate of drug-likeness (QED) is 0.354. The van der Waals surface area contributed by atoms with E-state index in [1.807, 2.05) is 32.9 Å². The zero-order valence-corrected chi connectivity index (χ0v) is 20.3. The van der Waals surface area contributed by atoms with E-state index in [-0.39, 0.29) is 23.4 Å². The molecule has 1 aromatic carbocycles. The molecule has 7 nitrogen and oxygen atoms in total. The summed E-state index contributed by atoms with van der Waals surface area (Å²) in [6.45, 7) is 7.49. The smallest absolute Gasteiger partial charge is 0.165 e. The van der Waals surface area contributed by atoms with Gasteiger partial charge in [0.15, 0.2) is 11.6 Å². The van der Waals surface area contributed by atoms with Crippen LogP contribution in [-0.2, 0) is 0 Å². The van der Waals surface area contributed by atoms with Gasteiger partial charge < -0.3 is 15.2 Å². The van der Waals surface area contributed by atoms with Crippen molar-refractivity contribution in [2.24, 2.45) is 0 Å². The molecule has 0 unspecified atom stereocenters. The van der Waals surface area contributed by atoms with Gasteiger partial charge in [-0.2, -0.15) is 0 Å². The molecule has 172 valence electrons. The van der Waals surface area contributed by atoms with E-state index in [0.29, 0.717) is 15.6 Å². The highest BCUT2D eigenvalue weighted by atomic mass is 35.5. The fourth-order valence-corrected chi connectivity index (χ4v) is 4.26. The van der Waals surface area contributed by atoms with Crippen molar-refractivity contribution in [3.63, 3.8) is 0 Å². The molecule has 32 heavy (non-hydrogen) atoms. The van der Waals surface area contributed by atoms with Gasteiger partial charge in [0.2, 0.25) is 0 Å². The summed E-state index contributed by atoms with van der Waals surface area (Å²) in [6.07, 6.45) is -0.779. The molecule has 3 N–H and O–H groups in total. The van der Waals surface area contributed by atoms with Gasteiger partial charge in [-0.25, -0.2) is 14.2 Å². The first-order valence-electron chi connectivity index (χ1n) is 9.93. The lowest BCUT2D eigenvalue weighted by molar-refractivity contribution is 0.122. The lowest BCUT2D eigenvalue weighted by Crippen LogP contribution is -2.38. The van der Waals surface area contributed by atoms with Gasteiger partial charge in [0, 0.05) is 28.9 Å². The summed E-state index contributed by atoms with van der Waals surface area (Å²) < 4.78 is 20.1. The number of nitrogens with zero attached hydrogens (tertiary/aromatic N) is 3. The number of hydrogen-bond donors (Lipinski definition) is 3. The molecule has 0 bridgehead atoms. The van der Waals surface area contributed by atoms with Gasteiger partial charge in [-0.3, -0.25) is 0 Å². The van der Waals surface area contributed by atoms with Gasteiger partial charge in [-0.1, -0.05) is 22.9 Å². The topological polar surface area (TPSA) is 92.2 Å². The summed E-state index contributed by atoms with van der Waals surface area (Å²) in [5.74, 6) is 0.0951. The third kappa shape index (κ3) is 6.05. The van der Waals surface area contributed by atoms with Gasteiger partial charge >= 0.3 is 0 Å². The van der Waals surface area contributed by atoms with E-state index in [1.165, 1.54) is 23.5 Å². The standard InChI is InChI=1S/C21H24Cl2FN5O2S/c1-10(2)25-19-6-13(5-11(3)26-19)20-28-29-21(32-20)14-7-16(24)18(8-15(14)22)31-9-17(27-23)12(4)30/h5-8,10,12,17,27,30H,9H2,1-4H3,(H,25,26)/t12-,17+/m1/s1. The molecule has 3 rings (SSSR count). The van der Waals surface area contributed by atoms with Crippen molar-refractivity contribution in [3.8, 4) is 26.9 Å². The molecule has 3 aromatic rings. The van der Waals surface area contributed by atoms with Crippen LogP contribution in [0.2, 0.25) is 5.02 Å². The minimum Gasteiger partial charge on any atom is -0.489 e. The number of anilines is 1. The summed E-state index contributed by atoms with van der Waals surface area (Å²) in [5.41, 5.74) is 2.11. The Morgan fingerprint density at radius 3 is 2.53 bits per heavy atom. The number of aliphatic hydroxyl groups excluding tert-OH is 1. The molecule has 0 fully saturated rings. The highest BCUT2D eigenvalue weighted by Crippen LogP contribution is 2.37. The lowest BCUT2D eigenvalue weighted by atomic mass is 10.2. The van der Waals surface area contributed by atoms with Gasteiger partial charge in [-0.15, -0.1) is 10.2 Å². The Bertz CT molecular complexity index is 1080. The Kier molecular flexibility index (Phi) is 8.24. The summed E-state index contributed by atoms with van der Waals surface area (Å²) in [7, 11) is 0. The van der Waals surface area contributed by atoms with Crippen molar-refractivity contribution >= 4 is 40.5 Å². The zero-order chi connectivity index (χ0) is 23.4. The number of rotatable bonds is 9. The van der Waals surface area contributed by atoms with Crippen LogP contribution in [0, 0.1) is 12.7 Å². The molecule has 0 aliphatic heterocycles. The predicted molar refractivity (Wildman–Crippen MR) is 127 cm³/mol. The number of pyridine rings is 1. The van der Waals surface area contributed by atoms with Crippen LogP contribution in [0.3, 0.4) is 0 Å². The average molecular weight is 500 g/mol. The number of halogens is 3. The van der Waals surface area contributed by atoms with Gasteiger partial charge in [0.1, 0.15) is 22.4 Å². The second kappa shape index (κ2) is 10.7. The fourth-order valence-electron chi connectivity index (χ4n) is 2.86. The van der Waals surface area contributed by atoms with Crippen molar-refractivity contribution in [2.45, 2.75) is 45.9 Å². The second-order valence-corrected chi connectivity index (χ2v) is 9.23. The number of aryl methyl sites for hydroxylation is 1. The molecule has 0 amide bonds. The normalized spacial score (nSPS) is 13.3. The molecule has 2 heterocycles. The van der Waals surface area contributed by atoms with E-state index >= 15 is 0 Å². The van der Waals surface area contributed by atoms with E-state index in [1.54, 1.807) is 6.92 Å². The maximum Gasteiger partial charge on any atom is 0.165 e. The minimum atomic E-state index is -0.779. The van der Waals surface area contributed by atoms with Crippen molar-refractivity contribution in [1.82, 2.24) is 20.0 Å². The minimum absolute atomic E-state index is 0.0368. The monoisotopic (exact) mass is 499 g/mol. The second-order valence-electron chi connectivity index (χ2n) is 7.62. The first kappa shape index (κ1) is 24.6. The molecule has 2 aromatic heterocycles. The van der Waals surface area contributed by atoms with Gasteiger partial charge in [-0.05, 0) is 57.7 Å². The Morgan fingerprint density at radius 2 is 1.88 bits per heavy atom. The third-order valence-electron chi connectivity index (χ3n) is 4.45. The summed E-state index contributed by atoms with van der Waals surface area (Å²) in [4.78, 5) is 6.87. The number of ether oxygens (including phenoxy) is 1. The molecule has 0 saturated carbocycles. The maximum absolute atomic E-state index is 14.7. The highest BCUT2D eigenvalue weighted by molar-refractivity contribution is 7.18. The molecular formula is C21H24Cl2FN5O2S. The lowest BCUT2D eigenvalue weighted by Gasteiger charge is -2.18. The number of aromatic nitrogens is 3. The molecule has 0 spiro atoms. The summed E-state index contributed by atoms with van der Waals surface area (Å²) in [6, 6.07) is 6.12. The average Bonchev–Trinajstić information content (AvgIpc) is 3.19. The van der Waals surface area contributed by atoms with Crippen molar-refractivity contribution < 1.29 is 14.2 Å². The fraction of sp³-hybridized carbons (Fsp3) is 0.381. The number of benzene rings is 1. The van der Waals surface area contributed by atoms with E-state index in [0.717, 1.165) is 17.1 Å². The van der Waals surface area contributed by atoms with Crippen LogP contribution in [0.1, 0.15) is 26.5 Å². The Balaban J connectivity index is 1.85. The molecule has 0 saturated heterocycles. The van der Waals surface area contributed by atoms with Crippen molar-refractivity contribution in [2.75, 3.05) is 11.9 Å².